The molecule has 1 unspecified atom stereocenters. The minimum Gasteiger partial charge on any atom is -0.477 e. The van der Waals surface area contributed by atoms with E-state index in [1.54, 1.807) is 0 Å². The molecular weight excluding hydrogens is 178 g/mol. The number of hydrogen-bond donors (Lipinski definition) is 2. The molecule has 0 heterocycles. The molecule has 0 aromatic heterocycles. The average molecular weight is 191 g/mol. The van der Waals surface area contributed by atoms with Crippen LogP contribution in [0.2, 0.25) is 0 Å². The number of nitrogens with one attached hydrogen (secondary N) is 1. The molecule has 14 heavy (non-hydrogen) atoms. The van der Waals surface area contributed by atoms with E-state index in [1.165, 1.54) is 0 Å². The largest absolute Gasteiger partial charge is 0.477 e. The minimum absolute atomic E-state index is 0.237. The lowest BCUT2D eigenvalue weighted by Gasteiger charge is -2.13. The van der Waals surface area contributed by atoms with Gasteiger partial charge >= 0.3 is 5.97 Å². The van der Waals surface area contributed by atoms with Crippen LogP contribution in [0.5, 0.6) is 0 Å². The van der Waals surface area contributed by atoms with Crippen molar-refractivity contribution in [2.75, 3.05) is 0 Å². The average Bonchev–Trinajstić information content (AvgIpc) is 2.20. The molecule has 1 atom stereocenters. The van der Waals surface area contributed by atoms with Gasteiger partial charge in [-0.25, -0.2) is 4.79 Å². The van der Waals surface area contributed by atoms with Crippen LogP contribution >= 0.6 is 0 Å². The van der Waals surface area contributed by atoms with Crippen molar-refractivity contribution in [2.24, 2.45) is 0 Å². The van der Waals surface area contributed by atoms with E-state index in [1.807, 2.05) is 37.3 Å². The zero-order valence-electron chi connectivity index (χ0n) is 8.03. The molecule has 2 N–H and O–H groups in total. The van der Waals surface area contributed by atoms with Crippen molar-refractivity contribution >= 4 is 11.7 Å². The third-order valence-corrected chi connectivity index (χ3v) is 2.19. The Kier molecular flexibility index (Phi) is 3.40. The summed E-state index contributed by atoms with van der Waals surface area (Å²) in [4.78, 5) is 10.6. The number of aliphatic carboxylic acids is 1. The number of carboxylic acid groups (broad SMARTS) is 1. The van der Waals surface area contributed by atoms with Gasteiger partial charge in [0.25, 0.3) is 0 Å². The topological polar surface area (TPSA) is 61.2 Å². The van der Waals surface area contributed by atoms with Gasteiger partial charge in [-0.15, -0.1) is 0 Å². The molecule has 1 aromatic rings. The first-order valence-electron chi connectivity index (χ1n) is 4.53. The predicted molar refractivity (Wildman–Crippen MR) is 54.8 cm³/mol. The zero-order valence-corrected chi connectivity index (χ0v) is 8.03. The van der Waals surface area contributed by atoms with Crippen molar-refractivity contribution < 1.29 is 9.90 Å². The highest BCUT2D eigenvalue weighted by Gasteiger charge is 2.20. The SMILES string of the molecule is CCC(C(=N)C(=O)O)c1ccccc1. The van der Waals surface area contributed by atoms with Crippen LogP contribution in [0.25, 0.3) is 0 Å². The summed E-state index contributed by atoms with van der Waals surface area (Å²) in [6.07, 6.45) is 0.634. The molecule has 3 nitrogen and oxygen atoms in total. The van der Waals surface area contributed by atoms with Crippen LogP contribution in [-0.4, -0.2) is 16.8 Å². The Morgan fingerprint density at radius 2 is 2.00 bits per heavy atom. The van der Waals surface area contributed by atoms with Gasteiger partial charge in [0.1, 0.15) is 5.71 Å². The fourth-order valence-corrected chi connectivity index (χ4v) is 1.44. The van der Waals surface area contributed by atoms with Gasteiger partial charge in [0.15, 0.2) is 0 Å². The van der Waals surface area contributed by atoms with Crippen LogP contribution in [0.4, 0.5) is 0 Å². The fraction of sp³-hybridized carbons (Fsp3) is 0.273. The van der Waals surface area contributed by atoms with Gasteiger partial charge in [0.05, 0.1) is 0 Å². The van der Waals surface area contributed by atoms with Crippen LogP contribution in [0, 0.1) is 5.41 Å². The number of hydrogen-bond acceptors (Lipinski definition) is 2. The second kappa shape index (κ2) is 4.56. The van der Waals surface area contributed by atoms with Crippen LogP contribution in [0.1, 0.15) is 24.8 Å². The quantitative estimate of drug-likeness (QED) is 0.717. The smallest absolute Gasteiger partial charge is 0.350 e. The summed E-state index contributed by atoms with van der Waals surface area (Å²) in [6.45, 7) is 1.88. The van der Waals surface area contributed by atoms with E-state index < -0.39 is 5.97 Å². The van der Waals surface area contributed by atoms with E-state index in [-0.39, 0.29) is 11.6 Å². The van der Waals surface area contributed by atoms with Gasteiger partial charge in [-0.2, -0.15) is 0 Å². The first-order valence-corrected chi connectivity index (χ1v) is 4.53. The highest BCUT2D eigenvalue weighted by Crippen LogP contribution is 2.20. The standard InChI is InChI=1S/C11H13NO2/c1-2-9(10(12)11(13)14)8-6-4-3-5-7-8/h3-7,9,12H,2H2,1H3,(H,13,14). The second-order valence-corrected chi connectivity index (χ2v) is 3.09. The van der Waals surface area contributed by atoms with E-state index in [4.69, 9.17) is 10.5 Å². The van der Waals surface area contributed by atoms with Crippen molar-refractivity contribution in [3.05, 3.63) is 35.9 Å². The highest BCUT2D eigenvalue weighted by molar-refractivity contribution is 6.36. The Morgan fingerprint density at radius 1 is 1.43 bits per heavy atom. The number of benzene rings is 1. The number of rotatable bonds is 4. The first-order chi connectivity index (χ1) is 6.66. The Balaban J connectivity index is 2.93. The maximum absolute atomic E-state index is 10.6. The van der Waals surface area contributed by atoms with Crippen molar-refractivity contribution in [3.8, 4) is 0 Å². The summed E-state index contributed by atoms with van der Waals surface area (Å²) in [6, 6.07) is 9.29. The monoisotopic (exact) mass is 191 g/mol. The summed E-state index contributed by atoms with van der Waals surface area (Å²) < 4.78 is 0. The molecule has 0 spiro atoms. The molecular formula is C11H13NO2. The fourth-order valence-electron chi connectivity index (χ4n) is 1.44. The molecule has 3 heteroatoms. The first kappa shape index (κ1) is 10.4. The van der Waals surface area contributed by atoms with Crippen LogP contribution in [0.15, 0.2) is 30.3 Å². The number of carboxylic acids is 1. The minimum atomic E-state index is -1.14. The van der Waals surface area contributed by atoms with Gasteiger partial charge in [-0.1, -0.05) is 37.3 Å². The lowest BCUT2D eigenvalue weighted by molar-refractivity contribution is -0.129. The van der Waals surface area contributed by atoms with Crippen LogP contribution in [-0.2, 0) is 4.79 Å². The zero-order chi connectivity index (χ0) is 10.6. The summed E-state index contributed by atoms with van der Waals surface area (Å²) >= 11 is 0. The Morgan fingerprint density at radius 3 is 2.43 bits per heavy atom. The van der Waals surface area contributed by atoms with E-state index in [2.05, 4.69) is 0 Å². The Bertz CT molecular complexity index is 332. The van der Waals surface area contributed by atoms with Gasteiger partial charge in [0.2, 0.25) is 0 Å². The molecule has 0 amide bonds. The molecule has 0 saturated carbocycles. The van der Waals surface area contributed by atoms with Gasteiger partial charge in [-0.3, -0.25) is 5.41 Å². The third-order valence-electron chi connectivity index (χ3n) is 2.19. The van der Waals surface area contributed by atoms with Crippen molar-refractivity contribution in [1.82, 2.24) is 0 Å². The molecule has 1 aromatic carbocycles. The summed E-state index contributed by atoms with van der Waals surface area (Å²) in [7, 11) is 0. The summed E-state index contributed by atoms with van der Waals surface area (Å²) in [5.41, 5.74) is 0.654. The molecule has 0 bridgehead atoms. The number of carbonyl (C=O) groups is 1. The van der Waals surface area contributed by atoms with E-state index >= 15 is 0 Å². The Hall–Kier alpha value is -1.64. The molecule has 0 aliphatic rings. The predicted octanol–water partition coefficient (Wildman–Crippen LogP) is 2.28. The third kappa shape index (κ3) is 2.19. The normalized spacial score (nSPS) is 12.1. The summed E-state index contributed by atoms with van der Waals surface area (Å²) in [5, 5.41) is 16.2. The van der Waals surface area contributed by atoms with E-state index in [0.29, 0.717) is 6.42 Å². The lowest BCUT2D eigenvalue weighted by Crippen LogP contribution is -2.20. The van der Waals surface area contributed by atoms with E-state index in [9.17, 15) is 4.79 Å². The van der Waals surface area contributed by atoms with Gasteiger partial charge in [0, 0.05) is 5.92 Å². The molecule has 0 aliphatic heterocycles. The molecule has 1 rings (SSSR count). The lowest BCUT2D eigenvalue weighted by atomic mass is 9.92. The molecule has 0 saturated heterocycles. The van der Waals surface area contributed by atoms with Crippen molar-refractivity contribution in [1.29, 1.82) is 5.41 Å². The molecule has 74 valence electrons. The van der Waals surface area contributed by atoms with Crippen LogP contribution < -0.4 is 0 Å². The van der Waals surface area contributed by atoms with Gasteiger partial charge < -0.3 is 5.11 Å². The molecule has 0 aliphatic carbocycles. The highest BCUT2D eigenvalue weighted by atomic mass is 16.4. The van der Waals surface area contributed by atoms with E-state index in [0.717, 1.165) is 5.56 Å². The van der Waals surface area contributed by atoms with Crippen LogP contribution in [0.3, 0.4) is 0 Å². The van der Waals surface area contributed by atoms with Crippen molar-refractivity contribution in [2.45, 2.75) is 19.3 Å². The summed E-state index contributed by atoms with van der Waals surface area (Å²) in [5.74, 6) is -1.44. The molecule has 0 fully saturated rings. The molecule has 0 radical (unpaired) electrons. The van der Waals surface area contributed by atoms with Crippen molar-refractivity contribution in [3.63, 3.8) is 0 Å². The Labute approximate surface area is 82.9 Å². The maximum atomic E-state index is 10.6. The maximum Gasteiger partial charge on any atom is 0.350 e. The van der Waals surface area contributed by atoms with Gasteiger partial charge in [-0.05, 0) is 12.0 Å². The second-order valence-electron chi connectivity index (χ2n) is 3.09.